The number of hydrogen-bond donors (Lipinski definition) is 2. The van der Waals surface area contributed by atoms with Crippen molar-refractivity contribution in [2.45, 2.75) is 33.0 Å². The number of halogens is 1. The Labute approximate surface area is 176 Å². The van der Waals surface area contributed by atoms with Gasteiger partial charge in [0.1, 0.15) is 5.82 Å². The summed E-state index contributed by atoms with van der Waals surface area (Å²) < 4.78 is 4.10. The van der Waals surface area contributed by atoms with Gasteiger partial charge in [0.05, 0.1) is 12.6 Å². The minimum atomic E-state index is 0.0174. The molecule has 29 heavy (non-hydrogen) atoms. The molecule has 0 spiro atoms. The van der Waals surface area contributed by atoms with Crippen molar-refractivity contribution in [3.05, 3.63) is 71.5 Å². The van der Waals surface area contributed by atoms with Crippen LogP contribution < -0.4 is 10.6 Å². The zero-order chi connectivity index (χ0) is 20.6. The van der Waals surface area contributed by atoms with Crippen LogP contribution in [0.4, 0.5) is 0 Å². The Balaban J connectivity index is 1.63. The van der Waals surface area contributed by atoms with Crippen LogP contribution in [0.15, 0.2) is 60.1 Å². The van der Waals surface area contributed by atoms with E-state index in [2.05, 4.69) is 44.1 Å². The highest BCUT2D eigenvalue weighted by molar-refractivity contribution is 6.30. The molecule has 2 heterocycles. The van der Waals surface area contributed by atoms with E-state index in [0.717, 1.165) is 28.9 Å². The molecule has 2 N–H and O–H groups in total. The van der Waals surface area contributed by atoms with Gasteiger partial charge < -0.3 is 15.2 Å². The smallest absolute Gasteiger partial charge is 0.191 e. The Hall–Kier alpha value is -2.80. The molecule has 1 atom stereocenters. The molecule has 0 saturated carbocycles. The van der Waals surface area contributed by atoms with Gasteiger partial charge in [-0.15, -0.1) is 0 Å². The Bertz CT molecular complexity index is 898. The predicted octanol–water partition coefficient (Wildman–Crippen LogP) is 3.34. The lowest BCUT2D eigenvalue weighted by Crippen LogP contribution is -2.40. The molecule has 0 aliphatic carbocycles. The van der Waals surface area contributed by atoms with Crippen molar-refractivity contribution in [1.29, 1.82) is 0 Å². The van der Waals surface area contributed by atoms with E-state index in [-0.39, 0.29) is 6.04 Å². The average Bonchev–Trinajstić information content (AvgIpc) is 3.38. The van der Waals surface area contributed by atoms with Crippen LogP contribution in [0.25, 0.3) is 0 Å². The third kappa shape index (κ3) is 5.84. The number of nitrogens with zero attached hydrogens (tertiary/aromatic N) is 5. The largest absolute Gasteiger partial charge is 0.354 e. The number of hydrogen-bond acceptors (Lipinski definition) is 3. The van der Waals surface area contributed by atoms with E-state index in [1.54, 1.807) is 13.2 Å². The molecule has 0 radical (unpaired) electrons. The van der Waals surface area contributed by atoms with Gasteiger partial charge in [-0.2, -0.15) is 5.10 Å². The van der Waals surface area contributed by atoms with Gasteiger partial charge in [-0.1, -0.05) is 37.6 Å². The molecule has 3 aromatic rings. The molecule has 1 aromatic carbocycles. The maximum Gasteiger partial charge on any atom is 0.191 e. The van der Waals surface area contributed by atoms with Gasteiger partial charge in [0, 0.05) is 49.9 Å². The summed E-state index contributed by atoms with van der Waals surface area (Å²) in [6, 6.07) is 9.78. The summed E-state index contributed by atoms with van der Waals surface area (Å²) in [6.07, 6.45) is 7.59. The molecule has 0 bridgehead atoms. The van der Waals surface area contributed by atoms with E-state index >= 15 is 0 Å². The summed E-state index contributed by atoms with van der Waals surface area (Å²) in [5.74, 6) is 2.27. The summed E-state index contributed by atoms with van der Waals surface area (Å²) in [6.45, 7) is 6.57. The van der Waals surface area contributed by atoms with Gasteiger partial charge in [-0.05, 0) is 29.7 Å². The van der Waals surface area contributed by atoms with E-state index in [0.29, 0.717) is 19.0 Å². The van der Waals surface area contributed by atoms with Crippen LogP contribution in [0.3, 0.4) is 0 Å². The Kier molecular flexibility index (Phi) is 7.30. The van der Waals surface area contributed by atoms with E-state index in [4.69, 9.17) is 11.6 Å². The predicted molar refractivity (Wildman–Crippen MR) is 117 cm³/mol. The lowest BCUT2D eigenvalue weighted by Gasteiger charge is -2.21. The van der Waals surface area contributed by atoms with Gasteiger partial charge in [-0.25, -0.2) is 4.98 Å². The van der Waals surface area contributed by atoms with Crippen LogP contribution in [0.5, 0.6) is 0 Å². The molecule has 0 saturated heterocycles. The van der Waals surface area contributed by atoms with Crippen LogP contribution in [0.2, 0.25) is 5.02 Å². The number of benzene rings is 1. The molecule has 3 rings (SSSR count). The van der Waals surface area contributed by atoms with Crippen molar-refractivity contribution in [3.63, 3.8) is 0 Å². The molecular formula is C21H28ClN7. The van der Waals surface area contributed by atoms with Gasteiger partial charge >= 0.3 is 0 Å². The SMILES string of the molecule is CN=C(NCc1nccn1CC(C)C)NCC(c1ccc(Cl)cc1)n1cccn1. The number of imidazole rings is 1. The minimum Gasteiger partial charge on any atom is -0.354 e. The Morgan fingerprint density at radius 2 is 1.93 bits per heavy atom. The van der Waals surface area contributed by atoms with Crippen molar-refractivity contribution >= 4 is 17.6 Å². The van der Waals surface area contributed by atoms with Gasteiger partial charge in [0.2, 0.25) is 0 Å². The fourth-order valence-electron chi connectivity index (χ4n) is 3.16. The van der Waals surface area contributed by atoms with Gasteiger partial charge in [0.25, 0.3) is 0 Å². The molecule has 7 nitrogen and oxygen atoms in total. The number of aliphatic imine (C=N–C) groups is 1. The van der Waals surface area contributed by atoms with Crippen LogP contribution in [-0.2, 0) is 13.1 Å². The topological polar surface area (TPSA) is 72.1 Å². The zero-order valence-electron chi connectivity index (χ0n) is 17.1. The van der Waals surface area contributed by atoms with Crippen molar-refractivity contribution in [2.24, 2.45) is 10.9 Å². The standard InChI is InChI=1S/C21H28ClN7/c1-16(2)15-28-12-10-24-20(28)14-26-21(23-3)25-13-19(29-11-4-9-27-29)17-5-7-18(22)8-6-17/h4-12,16,19H,13-15H2,1-3H3,(H2,23,25,26). The molecule has 0 aliphatic heterocycles. The first kappa shape index (κ1) is 20.9. The van der Waals surface area contributed by atoms with E-state index in [9.17, 15) is 0 Å². The fourth-order valence-corrected chi connectivity index (χ4v) is 3.28. The first-order chi connectivity index (χ1) is 14.1. The number of aromatic nitrogens is 4. The lowest BCUT2D eigenvalue weighted by molar-refractivity contribution is 0.499. The quantitative estimate of drug-likeness (QED) is 0.439. The lowest BCUT2D eigenvalue weighted by atomic mass is 10.1. The maximum atomic E-state index is 6.05. The minimum absolute atomic E-state index is 0.0174. The number of rotatable bonds is 8. The molecule has 2 aromatic heterocycles. The van der Waals surface area contributed by atoms with Crippen molar-refractivity contribution in [2.75, 3.05) is 13.6 Å². The molecule has 0 aliphatic rings. The molecule has 0 amide bonds. The average molecular weight is 414 g/mol. The van der Waals surface area contributed by atoms with Gasteiger partial charge in [0.15, 0.2) is 5.96 Å². The maximum absolute atomic E-state index is 6.05. The summed E-state index contributed by atoms with van der Waals surface area (Å²) in [5, 5.41) is 11.9. The van der Waals surface area contributed by atoms with Crippen molar-refractivity contribution < 1.29 is 0 Å². The second-order valence-corrected chi connectivity index (χ2v) is 7.69. The number of guanidine groups is 1. The fraction of sp³-hybridized carbons (Fsp3) is 0.381. The van der Waals surface area contributed by atoms with Crippen LogP contribution in [0.1, 0.15) is 31.3 Å². The van der Waals surface area contributed by atoms with Crippen LogP contribution >= 0.6 is 11.6 Å². The highest BCUT2D eigenvalue weighted by atomic mass is 35.5. The third-order valence-electron chi connectivity index (χ3n) is 4.56. The zero-order valence-corrected chi connectivity index (χ0v) is 17.8. The molecule has 1 unspecified atom stereocenters. The first-order valence-corrected chi connectivity index (χ1v) is 10.1. The number of nitrogens with one attached hydrogen (secondary N) is 2. The summed E-state index contributed by atoms with van der Waals surface area (Å²) in [5.41, 5.74) is 1.12. The normalized spacial score (nSPS) is 12.9. The monoisotopic (exact) mass is 413 g/mol. The second-order valence-electron chi connectivity index (χ2n) is 7.25. The van der Waals surface area contributed by atoms with Crippen molar-refractivity contribution in [1.82, 2.24) is 30.0 Å². The van der Waals surface area contributed by atoms with E-state index < -0.39 is 0 Å². The molecule has 8 heteroatoms. The molecule has 0 fully saturated rings. The van der Waals surface area contributed by atoms with E-state index in [1.165, 1.54) is 0 Å². The first-order valence-electron chi connectivity index (χ1n) is 9.76. The van der Waals surface area contributed by atoms with Gasteiger partial charge in [-0.3, -0.25) is 9.67 Å². The van der Waals surface area contributed by atoms with Crippen molar-refractivity contribution in [3.8, 4) is 0 Å². The summed E-state index contributed by atoms with van der Waals surface area (Å²) in [7, 11) is 1.77. The van der Waals surface area contributed by atoms with E-state index in [1.807, 2.05) is 53.6 Å². The third-order valence-corrected chi connectivity index (χ3v) is 4.81. The Morgan fingerprint density at radius 3 is 2.59 bits per heavy atom. The second kappa shape index (κ2) is 10.1. The van der Waals surface area contributed by atoms with Crippen LogP contribution in [0, 0.1) is 5.92 Å². The summed E-state index contributed by atoms with van der Waals surface area (Å²) >= 11 is 6.05. The highest BCUT2D eigenvalue weighted by Gasteiger charge is 2.15. The molecular weight excluding hydrogens is 386 g/mol. The highest BCUT2D eigenvalue weighted by Crippen LogP contribution is 2.19. The van der Waals surface area contributed by atoms with Crippen LogP contribution in [-0.4, -0.2) is 38.9 Å². The Morgan fingerprint density at radius 1 is 1.14 bits per heavy atom. The summed E-state index contributed by atoms with van der Waals surface area (Å²) in [4.78, 5) is 8.80. The molecule has 154 valence electrons.